The molecule has 96 valence electrons. The molecule has 0 atom stereocenters. The Morgan fingerprint density at radius 2 is 1.76 bits per heavy atom. The summed E-state index contributed by atoms with van der Waals surface area (Å²) in [6, 6.07) is 7.65. The summed E-state index contributed by atoms with van der Waals surface area (Å²) in [5.41, 5.74) is 0.834. The zero-order valence-electron chi connectivity index (χ0n) is 10.9. The molecule has 0 amide bonds. The van der Waals surface area contributed by atoms with Crippen molar-refractivity contribution < 1.29 is 14.2 Å². The van der Waals surface area contributed by atoms with Gasteiger partial charge in [0.2, 0.25) is 0 Å². The average molecular weight is 239 g/mol. The van der Waals surface area contributed by atoms with Crippen LogP contribution >= 0.6 is 0 Å². The summed E-state index contributed by atoms with van der Waals surface area (Å²) < 4.78 is 16.3. The third-order valence-corrected chi connectivity index (χ3v) is 2.64. The monoisotopic (exact) mass is 239 g/mol. The maximum Gasteiger partial charge on any atom is 0.258 e. The van der Waals surface area contributed by atoms with Crippen LogP contribution < -0.4 is 10.1 Å². The molecule has 1 aromatic carbocycles. The second-order valence-electron chi connectivity index (χ2n) is 3.65. The van der Waals surface area contributed by atoms with Crippen molar-refractivity contribution in [2.45, 2.75) is 19.3 Å². The molecule has 0 radical (unpaired) electrons. The van der Waals surface area contributed by atoms with E-state index < -0.39 is 5.91 Å². The van der Waals surface area contributed by atoms with Crippen LogP contribution in [-0.4, -0.2) is 27.9 Å². The lowest BCUT2D eigenvalue weighted by atomic mass is 10.1. The summed E-state index contributed by atoms with van der Waals surface area (Å²) in [4.78, 5) is 0. The summed E-state index contributed by atoms with van der Waals surface area (Å²) in [6.07, 6.45) is 0.990. The van der Waals surface area contributed by atoms with E-state index in [9.17, 15) is 0 Å². The minimum atomic E-state index is -0.956. The SMILES string of the molecule is CCCNC(OC)(OC)c1ccccc1OC. The first kappa shape index (κ1) is 14.0. The fraction of sp³-hybridized carbons (Fsp3) is 0.538. The van der Waals surface area contributed by atoms with Gasteiger partial charge in [0.25, 0.3) is 5.91 Å². The summed E-state index contributed by atoms with van der Waals surface area (Å²) >= 11 is 0. The minimum absolute atomic E-state index is 0.736. The van der Waals surface area contributed by atoms with Gasteiger partial charge < -0.3 is 14.2 Å². The lowest BCUT2D eigenvalue weighted by Crippen LogP contribution is -2.46. The third kappa shape index (κ3) is 2.97. The lowest BCUT2D eigenvalue weighted by Gasteiger charge is -2.33. The average Bonchev–Trinajstić information content (AvgIpc) is 2.41. The third-order valence-electron chi connectivity index (χ3n) is 2.64. The molecule has 0 unspecified atom stereocenters. The van der Waals surface area contributed by atoms with Gasteiger partial charge in [-0.3, -0.25) is 5.32 Å². The normalized spacial score (nSPS) is 11.5. The number of hydrogen-bond donors (Lipinski definition) is 1. The molecule has 1 N–H and O–H groups in total. The molecular formula is C13H21NO3. The van der Waals surface area contributed by atoms with Crippen molar-refractivity contribution in [2.24, 2.45) is 0 Å². The highest BCUT2D eigenvalue weighted by molar-refractivity contribution is 5.36. The highest BCUT2D eigenvalue weighted by Gasteiger charge is 2.34. The molecule has 4 nitrogen and oxygen atoms in total. The second-order valence-corrected chi connectivity index (χ2v) is 3.65. The Morgan fingerprint density at radius 1 is 1.12 bits per heavy atom. The number of methoxy groups -OCH3 is 3. The van der Waals surface area contributed by atoms with Crippen molar-refractivity contribution in [1.82, 2.24) is 5.32 Å². The van der Waals surface area contributed by atoms with Crippen LogP contribution in [0, 0.1) is 0 Å². The van der Waals surface area contributed by atoms with Gasteiger partial charge in [0, 0.05) is 20.8 Å². The molecule has 0 saturated carbocycles. The van der Waals surface area contributed by atoms with Crippen LogP contribution in [-0.2, 0) is 15.4 Å². The first-order valence-corrected chi connectivity index (χ1v) is 5.73. The Balaban J connectivity index is 3.11. The molecule has 0 spiro atoms. The summed E-state index contributed by atoms with van der Waals surface area (Å²) in [5, 5.41) is 3.25. The van der Waals surface area contributed by atoms with Crippen molar-refractivity contribution in [3.63, 3.8) is 0 Å². The smallest absolute Gasteiger partial charge is 0.258 e. The van der Waals surface area contributed by atoms with Gasteiger partial charge >= 0.3 is 0 Å². The van der Waals surface area contributed by atoms with Gasteiger partial charge in [-0.25, -0.2) is 0 Å². The Kier molecular flexibility index (Phi) is 5.41. The first-order valence-electron chi connectivity index (χ1n) is 5.73. The highest BCUT2D eigenvalue weighted by Crippen LogP contribution is 2.31. The Morgan fingerprint density at radius 3 is 2.29 bits per heavy atom. The molecule has 0 bridgehead atoms. The molecule has 1 aromatic rings. The Hall–Kier alpha value is -1.10. The van der Waals surface area contributed by atoms with E-state index in [0.29, 0.717) is 0 Å². The van der Waals surface area contributed by atoms with Crippen LogP contribution in [0.4, 0.5) is 0 Å². The van der Waals surface area contributed by atoms with E-state index in [1.807, 2.05) is 24.3 Å². The van der Waals surface area contributed by atoms with Crippen LogP contribution in [0.2, 0.25) is 0 Å². The maximum absolute atomic E-state index is 5.50. The molecular weight excluding hydrogens is 218 g/mol. The number of nitrogens with one attached hydrogen (secondary N) is 1. The first-order chi connectivity index (χ1) is 8.24. The van der Waals surface area contributed by atoms with Gasteiger partial charge in [-0.2, -0.15) is 0 Å². The second kappa shape index (κ2) is 6.59. The van der Waals surface area contributed by atoms with Gasteiger partial charge in [0.1, 0.15) is 5.75 Å². The van der Waals surface area contributed by atoms with E-state index in [4.69, 9.17) is 14.2 Å². The van der Waals surface area contributed by atoms with Gasteiger partial charge in [0.05, 0.1) is 12.7 Å². The summed E-state index contributed by atoms with van der Waals surface area (Å²) in [7, 11) is 4.85. The van der Waals surface area contributed by atoms with Gasteiger partial charge in [-0.15, -0.1) is 0 Å². The molecule has 0 aliphatic rings. The Bertz CT molecular complexity index is 337. The van der Waals surface area contributed by atoms with E-state index >= 15 is 0 Å². The Labute approximate surface area is 103 Å². The fourth-order valence-corrected chi connectivity index (χ4v) is 1.75. The van der Waals surface area contributed by atoms with Crippen molar-refractivity contribution in [3.05, 3.63) is 29.8 Å². The van der Waals surface area contributed by atoms with Gasteiger partial charge in [-0.1, -0.05) is 19.1 Å². The number of para-hydroxylation sites is 1. The number of hydrogen-bond acceptors (Lipinski definition) is 4. The topological polar surface area (TPSA) is 39.7 Å². The van der Waals surface area contributed by atoms with E-state index in [2.05, 4.69) is 12.2 Å². The van der Waals surface area contributed by atoms with E-state index in [0.717, 1.165) is 24.3 Å². The van der Waals surface area contributed by atoms with Crippen molar-refractivity contribution in [1.29, 1.82) is 0 Å². The standard InChI is InChI=1S/C13H21NO3/c1-5-10-14-13(16-3,17-4)11-8-6-7-9-12(11)15-2/h6-9,14H,5,10H2,1-4H3. The molecule has 0 fully saturated rings. The number of rotatable bonds is 7. The molecule has 1 rings (SSSR count). The number of ether oxygens (including phenoxy) is 3. The van der Waals surface area contributed by atoms with Crippen LogP contribution in [0.5, 0.6) is 5.75 Å². The maximum atomic E-state index is 5.50. The molecule has 17 heavy (non-hydrogen) atoms. The predicted octanol–water partition coefficient (Wildman–Crippen LogP) is 2.10. The largest absolute Gasteiger partial charge is 0.496 e. The van der Waals surface area contributed by atoms with E-state index in [1.54, 1.807) is 21.3 Å². The molecule has 0 aromatic heterocycles. The predicted molar refractivity (Wildman–Crippen MR) is 67.0 cm³/mol. The van der Waals surface area contributed by atoms with E-state index in [-0.39, 0.29) is 0 Å². The van der Waals surface area contributed by atoms with Crippen LogP contribution in [0.25, 0.3) is 0 Å². The summed E-state index contributed by atoms with van der Waals surface area (Å²) in [5.74, 6) is -0.220. The van der Waals surface area contributed by atoms with Crippen molar-refractivity contribution in [3.8, 4) is 5.75 Å². The summed E-state index contributed by atoms with van der Waals surface area (Å²) in [6.45, 7) is 2.88. The van der Waals surface area contributed by atoms with E-state index in [1.165, 1.54) is 0 Å². The van der Waals surface area contributed by atoms with Crippen LogP contribution in [0.3, 0.4) is 0 Å². The zero-order chi connectivity index (χ0) is 12.7. The molecule has 0 saturated heterocycles. The quantitative estimate of drug-likeness (QED) is 0.740. The highest BCUT2D eigenvalue weighted by atomic mass is 16.7. The van der Waals surface area contributed by atoms with Crippen molar-refractivity contribution in [2.75, 3.05) is 27.9 Å². The van der Waals surface area contributed by atoms with Gasteiger partial charge in [0.15, 0.2) is 0 Å². The molecule has 0 aliphatic carbocycles. The fourth-order valence-electron chi connectivity index (χ4n) is 1.75. The molecule has 4 heteroatoms. The minimum Gasteiger partial charge on any atom is -0.496 e. The van der Waals surface area contributed by atoms with Crippen LogP contribution in [0.15, 0.2) is 24.3 Å². The zero-order valence-corrected chi connectivity index (χ0v) is 10.9. The number of benzene rings is 1. The molecule has 0 aliphatic heterocycles. The lowest BCUT2D eigenvalue weighted by molar-refractivity contribution is -0.238. The molecule has 0 heterocycles. The van der Waals surface area contributed by atoms with Gasteiger partial charge in [-0.05, 0) is 18.6 Å². The van der Waals surface area contributed by atoms with Crippen LogP contribution in [0.1, 0.15) is 18.9 Å². The van der Waals surface area contributed by atoms with Crippen molar-refractivity contribution >= 4 is 0 Å².